The minimum Gasteiger partial charge on any atom is -0.497 e. The van der Waals surface area contributed by atoms with Crippen LogP contribution in [0.5, 0.6) is 5.75 Å². The molecule has 4 rings (SSSR count). The zero-order valence-corrected chi connectivity index (χ0v) is 14.4. The van der Waals surface area contributed by atoms with Gasteiger partial charge in [-0.15, -0.1) is 0 Å². The van der Waals surface area contributed by atoms with Gasteiger partial charge in [-0.2, -0.15) is 10.1 Å². The van der Waals surface area contributed by atoms with Gasteiger partial charge in [-0.3, -0.25) is 5.10 Å². The van der Waals surface area contributed by atoms with Crippen molar-refractivity contribution in [2.45, 2.75) is 6.92 Å². The molecule has 0 spiro atoms. The molecule has 0 bridgehead atoms. The number of benzene rings is 2. The minimum absolute atomic E-state index is 0.503. The van der Waals surface area contributed by atoms with Gasteiger partial charge in [0.2, 0.25) is 5.95 Å². The topological polar surface area (TPSA) is 87.8 Å². The summed E-state index contributed by atoms with van der Waals surface area (Å²) in [6.07, 6.45) is 0. The Bertz CT molecular complexity index is 1040. The van der Waals surface area contributed by atoms with Gasteiger partial charge < -0.3 is 15.4 Å². The van der Waals surface area contributed by atoms with Gasteiger partial charge in [0, 0.05) is 22.8 Å². The van der Waals surface area contributed by atoms with Crippen LogP contribution in [0.15, 0.2) is 54.6 Å². The van der Waals surface area contributed by atoms with Crippen LogP contribution in [-0.2, 0) is 0 Å². The molecule has 0 atom stereocenters. The van der Waals surface area contributed by atoms with E-state index in [0.717, 1.165) is 28.0 Å². The van der Waals surface area contributed by atoms with E-state index in [2.05, 4.69) is 30.8 Å². The molecule has 4 aromatic rings. The number of aromatic amines is 1. The molecule has 3 N–H and O–H groups in total. The third-order valence-corrected chi connectivity index (χ3v) is 3.90. The summed E-state index contributed by atoms with van der Waals surface area (Å²) in [6.45, 7) is 1.95. The van der Waals surface area contributed by atoms with E-state index in [-0.39, 0.29) is 0 Å². The van der Waals surface area contributed by atoms with Crippen LogP contribution in [-0.4, -0.2) is 27.3 Å². The van der Waals surface area contributed by atoms with E-state index in [0.29, 0.717) is 17.6 Å². The molecule has 0 unspecified atom stereocenters. The highest BCUT2D eigenvalue weighted by atomic mass is 16.5. The molecular weight excluding hydrogens is 328 g/mol. The Labute approximate surface area is 150 Å². The molecule has 0 aliphatic carbocycles. The lowest BCUT2D eigenvalue weighted by Crippen LogP contribution is -2.02. The fraction of sp³-hybridized carbons (Fsp3) is 0.105. The van der Waals surface area contributed by atoms with Crippen molar-refractivity contribution in [1.29, 1.82) is 0 Å². The highest BCUT2D eigenvalue weighted by Gasteiger charge is 2.09. The summed E-state index contributed by atoms with van der Waals surface area (Å²) in [4.78, 5) is 9.22. The number of methoxy groups -OCH3 is 1. The average molecular weight is 346 g/mol. The van der Waals surface area contributed by atoms with Gasteiger partial charge >= 0.3 is 0 Å². The number of nitrogens with one attached hydrogen (secondary N) is 3. The van der Waals surface area contributed by atoms with Gasteiger partial charge in [-0.25, -0.2) is 4.98 Å². The number of aromatic nitrogens is 4. The lowest BCUT2D eigenvalue weighted by Gasteiger charge is -2.11. The van der Waals surface area contributed by atoms with Gasteiger partial charge in [0.25, 0.3) is 0 Å². The Balaban J connectivity index is 1.70. The van der Waals surface area contributed by atoms with Gasteiger partial charge in [-0.05, 0) is 43.3 Å². The van der Waals surface area contributed by atoms with Crippen LogP contribution < -0.4 is 15.4 Å². The largest absolute Gasteiger partial charge is 0.497 e. The molecule has 130 valence electrons. The molecular formula is C19H18N6O. The Morgan fingerprint density at radius 1 is 0.962 bits per heavy atom. The molecule has 0 radical (unpaired) electrons. The number of fused-ring (bicyclic) bond motifs is 1. The SMILES string of the molecule is COc1ccc(Nc2nc(Nc3cc(C)[nH]n3)c3ccccc3n2)cc1. The quantitative estimate of drug-likeness (QED) is 0.503. The van der Waals surface area contributed by atoms with Crippen LogP contribution in [0.2, 0.25) is 0 Å². The van der Waals surface area contributed by atoms with Crippen LogP contribution in [0.1, 0.15) is 5.69 Å². The molecule has 7 nitrogen and oxygen atoms in total. The smallest absolute Gasteiger partial charge is 0.229 e. The van der Waals surface area contributed by atoms with Crippen LogP contribution in [0.25, 0.3) is 10.9 Å². The summed E-state index contributed by atoms with van der Waals surface area (Å²) in [5, 5.41) is 14.6. The van der Waals surface area contributed by atoms with Crippen molar-refractivity contribution < 1.29 is 4.74 Å². The van der Waals surface area contributed by atoms with E-state index in [1.54, 1.807) is 7.11 Å². The maximum absolute atomic E-state index is 5.19. The zero-order chi connectivity index (χ0) is 17.9. The van der Waals surface area contributed by atoms with E-state index < -0.39 is 0 Å². The van der Waals surface area contributed by atoms with E-state index in [4.69, 9.17) is 4.74 Å². The second-order valence-electron chi connectivity index (χ2n) is 5.83. The van der Waals surface area contributed by atoms with Gasteiger partial charge in [0.1, 0.15) is 11.6 Å². The lowest BCUT2D eigenvalue weighted by atomic mass is 10.2. The van der Waals surface area contributed by atoms with Crippen LogP contribution >= 0.6 is 0 Å². The first kappa shape index (κ1) is 15.9. The highest BCUT2D eigenvalue weighted by molar-refractivity contribution is 5.91. The fourth-order valence-electron chi connectivity index (χ4n) is 2.63. The molecule has 0 fully saturated rings. The van der Waals surface area contributed by atoms with Gasteiger partial charge in [0.15, 0.2) is 5.82 Å². The van der Waals surface area contributed by atoms with Crippen molar-refractivity contribution in [3.05, 3.63) is 60.3 Å². The number of ether oxygens (including phenoxy) is 1. The van der Waals surface area contributed by atoms with E-state index in [1.807, 2.05) is 61.5 Å². The second-order valence-corrected chi connectivity index (χ2v) is 5.83. The Morgan fingerprint density at radius 2 is 1.77 bits per heavy atom. The van der Waals surface area contributed by atoms with Crippen molar-refractivity contribution in [2.24, 2.45) is 0 Å². The van der Waals surface area contributed by atoms with Gasteiger partial charge in [-0.1, -0.05) is 12.1 Å². The fourth-order valence-corrected chi connectivity index (χ4v) is 2.63. The van der Waals surface area contributed by atoms with Crippen molar-refractivity contribution in [3.63, 3.8) is 0 Å². The van der Waals surface area contributed by atoms with Crippen molar-refractivity contribution >= 4 is 34.2 Å². The van der Waals surface area contributed by atoms with Gasteiger partial charge in [0.05, 0.1) is 12.6 Å². The molecule has 2 aromatic carbocycles. The standard InChI is InChI=1S/C19H18N6O/c1-12-11-17(25-24-12)22-18-15-5-3-4-6-16(15)21-19(23-18)20-13-7-9-14(26-2)10-8-13/h3-11H,1-2H3,(H3,20,21,22,23,24,25). The van der Waals surface area contributed by atoms with Crippen LogP contribution in [0.4, 0.5) is 23.3 Å². The molecule has 2 heterocycles. The third kappa shape index (κ3) is 3.27. The number of H-pyrrole nitrogens is 1. The first-order valence-electron chi connectivity index (χ1n) is 8.18. The summed E-state index contributed by atoms with van der Waals surface area (Å²) >= 11 is 0. The number of rotatable bonds is 5. The normalized spacial score (nSPS) is 10.7. The molecule has 0 aliphatic rings. The molecule has 0 aliphatic heterocycles. The third-order valence-electron chi connectivity index (χ3n) is 3.90. The molecule has 0 saturated heterocycles. The predicted molar refractivity (Wildman–Crippen MR) is 102 cm³/mol. The average Bonchev–Trinajstić information content (AvgIpc) is 3.07. The molecule has 7 heteroatoms. The number of aryl methyl sites for hydroxylation is 1. The minimum atomic E-state index is 0.503. The van der Waals surface area contributed by atoms with E-state index in [9.17, 15) is 0 Å². The molecule has 0 saturated carbocycles. The first-order valence-corrected chi connectivity index (χ1v) is 8.18. The maximum Gasteiger partial charge on any atom is 0.229 e. The van der Waals surface area contributed by atoms with E-state index in [1.165, 1.54) is 0 Å². The molecule has 26 heavy (non-hydrogen) atoms. The number of anilines is 4. The van der Waals surface area contributed by atoms with Crippen molar-refractivity contribution in [1.82, 2.24) is 20.2 Å². The highest BCUT2D eigenvalue weighted by Crippen LogP contribution is 2.26. The summed E-state index contributed by atoms with van der Waals surface area (Å²) < 4.78 is 5.19. The zero-order valence-electron chi connectivity index (χ0n) is 14.4. The Hall–Kier alpha value is -3.61. The van der Waals surface area contributed by atoms with Crippen LogP contribution in [0, 0.1) is 6.92 Å². The van der Waals surface area contributed by atoms with Crippen LogP contribution in [0.3, 0.4) is 0 Å². The number of hydrogen-bond acceptors (Lipinski definition) is 6. The van der Waals surface area contributed by atoms with Crippen molar-refractivity contribution in [2.75, 3.05) is 17.7 Å². The number of nitrogens with zero attached hydrogens (tertiary/aromatic N) is 3. The monoisotopic (exact) mass is 346 g/mol. The molecule has 2 aromatic heterocycles. The van der Waals surface area contributed by atoms with Crippen molar-refractivity contribution in [3.8, 4) is 5.75 Å². The molecule has 0 amide bonds. The Morgan fingerprint density at radius 3 is 2.50 bits per heavy atom. The summed E-state index contributed by atoms with van der Waals surface area (Å²) in [7, 11) is 1.64. The maximum atomic E-state index is 5.19. The number of para-hydroxylation sites is 1. The predicted octanol–water partition coefficient (Wildman–Crippen LogP) is 4.16. The van der Waals surface area contributed by atoms with E-state index >= 15 is 0 Å². The number of hydrogen-bond donors (Lipinski definition) is 3. The summed E-state index contributed by atoms with van der Waals surface area (Å²) in [6, 6.07) is 17.4. The summed E-state index contributed by atoms with van der Waals surface area (Å²) in [5.41, 5.74) is 2.69. The summed E-state index contributed by atoms with van der Waals surface area (Å²) in [5.74, 6) is 2.70. The second kappa shape index (κ2) is 6.72. The Kier molecular flexibility index (Phi) is 4.10. The lowest BCUT2D eigenvalue weighted by molar-refractivity contribution is 0.415. The first-order chi connectivity index (χ1) is 12.7.